The van der Waals surface area contributed by atoms with Gasteiger partial charge in [-0.1, -0.05) is 13.8 Å². The van der Waals surface area contributed by atoms with Gasteiger partial charge in [0.05, 0.1) is 6.54 Å². The molecule has 0 amide bonds. The molecular formula is C13H19N5S. The first-order valence-corrected chi connectivity index (χ1v) is 7.29. The van der Waals surface area contributed by atoms with Crippen LogP contribution in [-0.2, 0) is 19.4 Å². The van der Waals surface area contributed by atoms with Crippen LogP contribution in [0.1, 0.15) is 29.3 Å². The number of nitrogens with one attached hydrogen (secondary N) is 2. The normalized spacial score (nSPS) is 10.5. The van der Waals surface area contributed by atoms with Gasteiger partial charge in [0.15, 0.2) is 0 Å². The minimum Gasteiger partial charge on any atom is -0.373 e. The molecule has 0 aliphatic rings. The second-order valence-corrected chi connectivity index (χ2v) is 5.28. The molecule has 19 heavy (non-hydrogen) atoms. The van der Waals surface area contributed by atoms with Gasteiger partial charge in [-0.25, -0.2) is 15.0 Å². The fourth-order valence-corrected chi connectivity index (χ4v) is 2.67. The van der Waals surface area contributed by atoms with Crippen molar-refractivity contribution in [2.75, 3.05) is 17.7 Å². The third kappa shape index (κ3) is 3.20. The fraction of sp³-hybridized carbons (Fsp3) is 0.462. The first kappa shape index (κ1) is 13.7. The smallest absolute Gasteiger partial charge is 0.135 e. The predicted molar refractivity (Wildman–Crippen MR) is 79.8 cm³/mol. The summed E-state index contributed by atoms with van der Waals surface area (Å²) in [7, 11) is 1.87. The Labute approximate surface area is 117 Å². The summed E-state index contributed by atoms with van der Waals surface area (Å²) >= 11 is 1.74. The number of anilines is 2. The van der Waals surface area contributed by atoms with E-state index in [1.54, 1.807) is 17.7 Å². The van der Waals surface area contributed by atoms with Gasteiger partial charge in [-0.3, -0.25) is 0 Å². The van der Waals surface area contributed by atoms with Gasteiger partial charge in [-0.2, -0.15) is 0 Å². The molecule has 0 bridgehead atoms. The molecule has 5 nitrogen and oxygen atoms in total. The van der Waals surface area contributed by atoms with Gasteiger partial charge in [0.1, 0.15) is 23.0 Å². The Morgan fingerprint density at radius 3 is 2.53 bits per heavy atom. The van der Waals surface area contributed by atoms with E-state index in [1.807, 2.05) is 13.2 Å². The number of rotatable bonds is 6. The zero-order valence-corrected chi connectivity index (χ0v) is 12.3. The Morgan fingerprint density at radius 2 is 1.89 bits per heavy atom. The summed E-state index contributed by atoms with van der Waals surface area (Å²) in [5.74, 6) is 1.77. The highest BCUT2D eigenvalue weighted by molar-refractivity contribution is 7.11. The van der Waals surface area contributed by atoms with Gasteiger partial charge in [0.25, 0.3) is 0 Å². The van der Waals surface area contributed by atoms with Crippen molar-refractivity contribution < 1.29 is 0 Å². The van der Waals surface area contributed by atoms with E-state index in [1.165, 1.54) is 4.88 Å². The van der Waals surface area contributed by atoms with E-state index in [-0.39, 0.29) is 0 Å². The van der Waals surface area contributed by atoms with Crippen LogP contribution >= 0.6 is 11.3 Å². The summed E-state index contributed by atoms with van der Waals surface area (Å²) in [6, 6.07) is 0. The van der Waals surface area contributed by atoms with Crippen LogP contribution in [0.3, 0.4) is 0 Å². The van der Waals surface area contributed by atoms with Crippen LogP contribution in [0.25, 0.3) is 0 Å². The fourth-order valence-electron chi connectivity index (χ4n) is 1.87. The summed E-state index contributed by atoms with van der Waals surface area (Å²) in [4.78, 5) is 14.2. The average molecular weight is 277 g/mol. The molecule has 0 spiro atoms. The lowest BCUT2D eigenvalue weighted by atomic mass is 10.2. The quantitative estimate of drug-likeness (QED) is 0.850. The highest BCUT2D eigenvalue weighted by atomic mass is 32.1. The molecule has 2 N–H and O–H groups in total. The Bertz CT molecular complexity index is 538. The van der Waals surface area contributed by atoms with Crippen LogP contribution in [0.5, 0.6) is 0 Å². The van der Waals surface area contributed by atoms with E-state index in [9.17, 15) is 0 Å². The summed E-state index contributed by atoms with van der Waals surface area (Å²) in [6.45, 7) is 4.95. The van der Waals surface area contributed by atoms with E-state index < -0.39 is 0 Å². The number of hydrogen-bond acceptors (Lipinski definition) is 6. The third-order valence-electron chi connectivity index (χ3n) is 2.89. The second-order valence-electron chi connectivity index (χ2n) is 4.08. The van der Waals surface area contributed by atoms with Crippen LogP contribution < -0.4 is 10.6 Å². The van der Waals surface area contributed by atoms with E-state index in [0.717, 1.165) is 35.0 Å². The molecule has 2 rings (SSSR count). The number of hydrogen-bond donors (Lipinski definition) is 2. The molecule has 0 aromatic carbocycles. The molecular weight excluding hydrogens is 258 g/mol. The maximum atomic E-state index is 4.40. The zero-order chi connectivity index (χ0) is 13.7. The highest BCUT2D eigenvalue weighted by Crippen LogP contribution is 2.21. The van der Waals surface area contributed by atoms with Gasteiger partial charge < -0.3 is 10.6 Å². The number of aryl methyl sites for hydroxylation is 1. The summed E-state index contributed by atoms with van der Waals surface area (Å²) in [5, 5.41) is 7.53. The van der Waals surface area contributed by atoms with Crippen LogP contribution in [-0.4, -0.2) is 22.0 Å². The number of nitrogens with zero attached hydrogens (tertiary/aromatic N) is 3. The minimum absolute atomic E-state index is 0.706. The Morgan fingerprint density at radius 1 is 1.11 bits per heavy atom. The molecule has 0 unspecified atom stereocenters. The largest absolute Gasteiger partial charge is 0.373 e. The molecule has 0 aliphatic heterocycles. The Balaban J connectivity index is 2.10. The minimum atomic E-state index is 0.706. The van der Waals surface area contributed by atoms with Gasteiger partial charge in [0, 0.05) is 23.7 Å². The van der Waals surface area contributed by atoms with Crippen molar-refractivity contribution in [2.24, 2.45) is 0 Å². The van der Waals surface area contributed by atoms with Crippen molar-refractivity contribution in [1.29, 1.82) is 0 Å². The van der Waals surface area contributed by atoms with Crippen molar-refractivity contribution in [3.63, 3.8) is 0 Å². The third-order valence-corrected chi connectivity index (χ3v) is 4.03. The van der Waals surface area contributed by atoms with Gasteiger partial charge >= 0.3 is 0 Å². The molecule has 0 saturated carbocycles. The molecule has 0 fully saturated rings. The van der Waals surface area contributed by atoms with E-state index in [4.69, 9.17) is 0 Å². The topological polar surface area (TPSA) is 62.7 Å². The maximum Gasteiger partial charge on any atom is 0.135 e. The zero-order valence-electron chi connectivity index (χ0n) is 11.5. The molecule has 2 aromatic rings. The van der Waals surface area contributed by atoms with Crippen molar-refractivity contribution in [3.05, 3.63) is 28.0 Å². The van der Waals surface area contributed by atoms with Gasteiger partial charge in [-0.15, -0.1) is 11.3 Å². The predicted octanol–water partition coefficient (Wildman–Crippen LogP) is 2.71. The first-order valence-electron chi connectivity index (χ1n) is 6.47. The van der Waals surface area contributed by atoms with Gasteiger partial charge in [0.2, 0.25) is 0 Å². The first-order chi connectivity index (χ1) is 9.28. The average Bonchev–Trinajstić information content (AvgIpc) is 2.92. The van der Waals surface area contributed by atoms with Crippen LogP contribution in [0.4, 0.5) is 11.6 Å². The summed E-state index contributed by atoms with van der Waals surface area (Å²) in [5.41, 5.74) is 1.11. The van der Waals surface area contributed by atoms with Crippen LogP contribution in [0.15, 0.2) is 12.5 Å². The SMILES string of the molecule is CCc1cnc(CNc2ncnc(NC)c2CC)s1. The maximum absolute atomic E-state index is 4.40. The summed E-state index contributed by atoms with van der Waals surface area (Å²) < 4.78 is 0. The van der Waals surface area contributed by atoms with Crippen molar-refractivity contribution >= 4 is 23.0 Å². The van der Waals surface area contributed by atoms with E-state index >= 15 is 0 Å². The lowest BCUT2D eigenvalue weighted by Crippen LogP contribution is -2.07. The number of aromatic nitrogens is 3. The lowest BCUT2D eigenvalue weighted by Gasteiger charge is -2.11. The standard InChI is InChI=1S/C13H19N5S/c1-4-9-6-15-11(19-9)7-16-13-10(5-2)12(14-3)17-8-18-13/h6,8H,4-5,7H2,1-3H3,(H2,14,16,17,18). The molecule has 0 radical (unpaired) electrons. The lowest BCUT2D eigenvalue weighted by molar-refractivity contribution is 1.00. The molecule has 0 atom stereocenters. The highest BCUT2D eigenvalue weighted by Gasteiger charge is 2.09. The van der Waals surface area contributed by atoms with E-state index in [0.29, 0.717) is 6.54 Å². The molecule has 2 aromatic heterocycles. The molecule has 6 heteroatoms. The van der Waals surface area contributed by atoms with Crippen LogP contribution in [0, 0.1) is 0 Å². The summed E-state index contributed by atoms with van der Waals surface area (Å²) in [6.07, 6.45) is 5.45. The molecule has 2 heterocycles. The number of thiazole rings is 1. The molecule has 0 aliphatic carbocycles. The van der Waals surface area contributed by atoms with Crippen molar-refractivity contribution in [1.82, 2.24) is 15.0 Å². The van der Waals surface area contributed by atoms with Crippen molar-refractivity contribution in [2.45, 2.75) is 33.2 Å². The molecule has 102 valence electrons. The van der Waals surface area contributed by atoms with Crippen molar-refractivity contribution in [3.8, 4) is 0 Å². The van der Waals surface area contributed by atoms with Gasteiger partial charge in [-0.05, 0) is 12.8 Å². The van der Waals surface area contributed by atoms with Crippen LogP contribution in [0.2, 0.25) is 0 Å². The Hall–Kier alpha value is -1.69. The Kier molecular flexibility index (Phi) is 4.68. The second kappa shape index (κ2) is 6.47. The van der Waals surface area contributed by atoms with E-state index in [2.05, 4.69) is 39.4 Å². The monoisotopic (exact) mass is 277 g/mol. The molecule has 0 saturated heterocycles.